The van der Waals surface area contributed by atoms with Crippen LogP contribution in [0.3, 0.4) is 0 Å². The molecular formula is C15H18ClFN4O. The van der Waals surface area contributed by atoms with Crippen molar-refractivity contribution in [3.8, 4) is 0 Å². The molecular weight excluding hydrogens is 307 g/mol. The van der Waals surface area contributed by atoms with Crippen LogP contribution in [0, 0.1) is 11.7 Å². The molecule has 2 aromatic rings. The summed E-state index contributed by atoms with van der Waals surface area (Å²) >= 11 is 5.77. The average molecular weight is 325 g/mol. The molecule has 0 fully saturated rings. The highest BCUT2D eigenvalue weighted by Crippen LogP contribution is 2.26. The van der Waals surface area contributed by atoms with E-state index in [-0.39, 0.29) is 18.2 Å². The predicted molar refractivity (Wildman–Crippen MR) is 81.8 cm³/mol. The van der Waals surface area contributed by atoms with E-state index in [1.807, 2.05) is 13.8 Å². The average Bonchev–Trinajstić information content (AvgIpc) is 2.96. The van der Waals surface area contributed by atoms with Crippen molar-refractivity contribution >= 4 is 17.5 Å². The summed E-state index contributed by atoms with van der Waals surface area (Å²) in [5, 5.41) is 7.14. The molecule has 0 aliphatic carbocycles. The molecule has 0 saturated heterocycles. The Morgan fingerprint density at radius 1 is 1.45 bits per heavy atom. The highest BCUT2D eigenvalue weighted by molar-refractivity contribution is 6.30. The maximum atomic E-state index is 14.1. The quantitative estimate of drug-likeness (QED) is 0.888. The molecule has 0 aliphatic rings. The first-order chi connectivity index (χ1) is 10.5. The Labute approximate surface area is 133 Å². The van der Waals surface area contributed by atoms with Gasteiger partial charge >= 0.3 is 0 Å². The number of hydrogen-bond donors (Lipinski definition) is 1. The minimum atomic E-state index is -0.414. The van der Waals surface area contributed by atoms with E-state index in [0.717, 1.165) is 0 Å². The van der Waals surface area contributed by atoms with E-state index >= 15 is 0 Å². The van der Waals surface area contributed by atoms with Crippen LogP contribution in [0.2, 0.25) is 5.02 Å². The van der Waals surface area contributed by atoms with Crippen LogP contribution in [0.15, 0.2) is 30.9 Å². The number of benzene rings is 1. The summed E-state index contributed by atoms with van der Waals surface area (Å²) in [5.41, 5.74) is 0.438. The molecule has 2 rings (SSSR count). The molecule has 0 radical (unpaired) electrons. The summed E-state index contributed by atoms with van der Waals surface area (Å²) in [6.45, 7) is 4.28. The number of carbonyl (C=O) groups is 1. The third kappa shape index (κ3) is 4.27. The molecule has 1 N–H and O–H groups in total. The van der Waals surface area contributed by atoms with Crippen molar-refractivity contribution in [2.45, 2.75) is 32.9 Å². The van der Waals surface area contributed by atoms with Gasteiger partial charge in [0.25, 0.3) is 0 Å². The Bertz CT molecular complexity index is 630. The summed E-state index contributed by atoms with van der Waals surface area (Å²) in [4.78, 5) is 15.9. The number of aryl methyl sites for hydroxylation is 1. The van der Waals surface area contributed by atoms with Crippen LogP contribution in [0.4, 0.5) is 4.39 Å². The van der Waals surface area contributed by atoms with Gasteiger partial charge in [0.1, 0.15) is 18.5 Å². The van der Waals surface area contributed by atoms with Gasteiger partial charge in [0.05, 0.1) is 12.6 Å². The third-order valence-corrected chi connectivity index (χ3v) is 3.55. The molecule has 0 aliphatic heterocycles. The molecule has 0 saturated carbocycles. The molecule has 7 heteroatoms. The molecule has 1 amide bonds. The summed E-state index contributed by atoms with van der Waals surface area (Å²) in [6, 6.07) is 4.09. The van der Waals surface area contributed by atoms with Gasteiger partial charge in [0, 0.05) is 17.0 Å². The Morgan fingerprint density at radius 3 is 2.82 bits per heavy atom. The fourth-order valence-corrected chi connectivity index (χ4v) is 2.33. The van der Waals surface area contributed by atoms with E-state index in [2.05, 4.69) is 15.4 Å². The minimum absolute atomic E-state index is 0.0472. The largest absolute Gasteiger partial charge is 0.349 e. The molecule has 1 aromatic heterocycles. The number of aromatic nitrogens is 3. The zero-order valence-electron chi connectivity index (χ0n) is 12.5. The Balaban J connectivity index is 2.03. The molecule has 0 unspecified atom stereocenters. The number of hydrogen-bond acceptors (Lipinski definition) is 3. The first kappa shape index (κ1) is 16.4. The van der Waals surface area contributed by atoms with E-state index in [4.69, 9.17) is 11.6 Å². The summed E-state index contributed by atoms with van der Waals surface area (Å²) in [7, 11) is 0. The molecule has 0 bridgehead atoms. The van der Waals surface area contributed by atoms with E-state index < -0.39 is 11.9 Å². The van der Waals surface area contributed by atoms with E-state index in [0.29, 0.717) is 17.1 Å². The third-order valence-electron chi connectivity index (χ3n) is 3.32. The van der Waals surface area contributed by atoms with Gasteiger partial charge < -0.3 is 5.32 Å². The predicted octanol–water partition coefficient (Wildman–Crippen LogP) is 2.97. The Morgan fingerprint density at radius 2 is 2.23 bits per heavy atom. The van der Waals surface area contributed by atoms with Crippen LogP contribution < -0.4 is 5.32 Å². The summed E-state index contributed by atoms with van der Waals surface area (Å²) < 4.78 is 15.6. The smallest absolute Gasteiger partial charge is 0.222 e. The van der Waals surface area contributed by atoms with Crippen molar-refractivity contribution in [3.63, 3.8) is 0 Å². The van der Waals surface area contributed by atoms with Gasteiger partial charge in [-0.2, -0.15) is 5.10 Å². The maximum Gasteiger partial charge on any atom is 0.222 e. The second-order valence-electron chi connectivity index (χ2n) is 5.36. The highest BCUT2D eigenvalue weighted by atomic mass is 35.5. The number of amides is 1. The highest BCUT2D eigenvalue weighted by Gasteiger charge is 2.21. The first-order valence-corrected chi connectivity index (χ1v) is 7.42. The van der Waals surface area contributed by atoms with Gasteiger partial charge in [-0.1, -0.05) is 31.5 Å². The van der Waals surface area contributed by atoms with Crippen LogP contribution in [0.25, 0.3) is 0 Å². The van der Waals surface area contributed by atoms with Gasteiger partial charge in [-0.05, 0) is 18.1 Å². The van der Waals surface area contributed by atoms with Crippen LogP contribution in [-0.4, -0.2) is 20.7 Å². The Kier molecular flexibility index (Phi) is 5.49. The number of halogens is 2. The van der Waals surface area contributed by atoms with E-state index in [1.165, 1.54) is 12.4 Å². The lowest BCUT2D eigenvalue weighted by molar-refractivity contribution is -0.122. The second-order valence-corrected chi connectivity index (χ2v) is 5.80. The first-order valence-electron chi connectivity index (χ1n) is 7.04. The zero-order valence-corrected chi connectivity index (χ0v) is 13.2. The van der Waals surface area contributed by atoms with Crippen molar-refractivity contribution in [2.75, 3.05) is 0 Å². The lowest BCUT2D eigenvalue weighted by atomic mass is 9.95. The number of nitrogens with zero attached hydrogens (tertiary/aromatic N) is 3. The van der Waals surface area contributed by atoms with Crippen LogP contribution >= 0.6 is 11.6 Å². The maximum absolute atomic E-state index is 14.1. The van der Waals surface area contributed by atoms with Gasteiger partial charge in [-0.3, -0.25) is 9.48 Å². The van der Waals surface area contributed by atoms with Crippen molar-refractivity contribution in [1.82, 2.24) is 20.1 Å². The molecule has 1 aromatic carbocycles. The molecule has 118 valence electrons. The standard InChI is InChI=1S/C15H18ClFN4O/c1-10(2)15(12-4-3-11(16)7-13(12)17)20-14(22)5-6-21-9-18-8-19-21/h3-4,7-10,15H,5-6H2,1-2H3,(H,20,22)/t15-/m1/s1. The number of rotatable bonds is 6. The topological polar surface area (TPSA) is 59.8 Å². The van der Waals surface area contributed by atoms with Gasteiger partial charge in [-0.15, -0.1) is 0 Å². The lowest BCUT2D eigenvalue weighted by Crippen LogP contribution is -2.32. The molecule has 1 heterocycles. The zero-order chi connectivity index (χ0) is 16.1. The van der Waals surface area contributed by atoms with E-state index in [9.17, 15) is 9.18 Å². The SMILES string of the molecule is CC(C)[C@@H](NC(=O)CCn1cncn1)c1ccc(Cl)cc1F. The van der Waals surface area contributed by atoms with Crippen LogP contribution in [0.5, 0.6) is 0 Å². The normalized spacial score (nSPS) is 12.4. The van der Waals surface area contributed by atoms with Crippen molar-refractivity contribution in [2.24, 2.45) is 5.92 Å². The molecule has 0 spiro atoms. The minimum Gasteiger partial charge on any atom is -0.349 e. The van der Waals surface area contributed by atoms with Gasteiger partial charge in [0.2, 0.25) is 5.91 Å². The summed E-state index contributed by atoms with van der Waals surface area (Å²) in [5.74, 6) is -0.530. The van der Waals surface area contributed by atoms with Gasteiger partial charge in [-0.25, -0.2) is 9.37 Å². The van der Waals surface area contributed by atoms with Crippen LogP contribution in [-0.2, 0) is 11.3 Å². The summed E-state index contributed by atoms with van der Waals surface area (Å²) in [6.07, 6.45) is 3.21. The monoisotopic (exact) mass is 324 g/mol. The lowest BCUT2D eigenvalue weighted by Gasteiger charge is -2.23. The fraction of sp³-hybridized carbons (Fsp3) is 0.400. The van der Waals surface area contributed by atoms with Crippen LogP contribution in [0.1, 0.15) is 31.9 Å². The van der Waals surface area contributed by atoms with Gasteiger partial charge in [0.15, 0.2) is 0 Å². The second kappa shape index (κ2) is 7.35. The van der Waals surface area contributed by atoms with Crippen molar-refractivity contribution in [3.05, 3.63) is 47.3 Å². The van der Waals surface area contributed by atoms with E-state index in [1.54, 1.807) is 23.1 Å². The van der Waals surface area contributed by atoms with Crippen molar-refractivity contribution < 1.29 is 9.18 Å². The number of carbonyl (C=O) groups excluding carboxylic acids is 1. The van der Waals surface area contributed by atoms with Crippen molar-refractivity contribution in [1.29, 1.82) is 0 Å². The Hall–Kier alpha value is -1.95. The molecule has 22 heavy (non-hydrogen) atoms. The molecule has 1 atom stereocenters. The number of nitrogens with one attached hydrogen (secondary N) is 1. The molecule has 5 nitrogen and oxygen atoms in total. The fourth-order valence-electron chi connectivity index (χ4n) is 2.17.